The zero-order valence-corrected chi connectivity index (χ0v) is 13.2. The smallest absolute Gasteiger partial charge is 0.244 e. The number of sulfonamides is 1. The molecule has 0 saturated carbocycles. The maximum atomic E-state index is 13.8. The number of piperidine rings is 1. The number of hydrogen-bond donors (Lipinski definition) is 2. The van der Waals surface area contributed by atoms with Gasteiger partial charge >= 0.3 is 0 Å². The van der Waals surface area contributed by atoms with Crippen molar-refractivity contribution in [1.82, 2.24) is 10.0 Å². The second-order valence-corrected chi connectivity index (χ2v) is 6.73. The van der Waals surface area contributed by atoms with Gasteiger partial charge in [-0.15, -0.1) is 12.4 Å². The highest BCUT2D eigenvalue weighted by molar-refractivity contribution is 7.89. The second-order valence-electron chi connectivity index (χ2n) is 5.08. The molecule has 2 unspecified atom stereocenters. The topological polar surface area (TPSA) is 58.2 Å². The van der Waals surface area contributed by atoms with Gasteiger partial charge in [0, 0.05) is 12.6 Å². The van der Waals surface area contributed by atoms with Crippen LogP contribution in [0.15, 0.2) is 23.1 Å². The Bertz CT molecular complexity index is 545. The van der Waals surface area contributed by atoms with E-state index in [1.807, 2.05) is 6.92 Å². The third-order valence-corrected chi connectivity index (χ3v) is 5.23. The summed E-state index contributed by atoms with van der Waals surface area (Å²) >= 11 is 0. The summed E-state index contributed by atoms with van der Waals surface area (Å²) in [5.41, 5.74) is 0.420. The lowest BCUT2D eigenvalue weighted by Gasteiger charge is -2.30. The van der Waals surface area contributed by atoms with Gasteiger partial charge in [-0.2, -0.15) is 0 Å². The molecule has 20 heavy (non-hydrogen) atoms. The lowest BCUT2D eigenvalue weighted by atomic mass is 9.96. The van der Waals surface area contributed by atoms with Crippen LogP contribution in [0, 0.1) is 18.7 Å². The summed E-state index contributed by atoms with van der Waals surface area (Å²) in [7, 11) is -3.82. The molecular formula is C13H20ClFN2O2S. The van der Waals surface area contributed by atoms with Gasteiger partial charge in [0.15, 0.2) is 0 Å². The average molecular weight is 323 g/mol. The molecule has 2 atom stereocenters. The van der Waals surface area contributed by atoms with Crippen molar-refractivity contribution in [2.24, 2.45) is 5.92 Å². The van der Waals surface area contributed by atoms with Gasteiger partial charge in [-0.25, -0.2) is 17.5 Å². The molecule has 1 fully saturated rings. The summed E-state index contributed by atoms with van der Waals surface area (Å²) < 4.78 is 41.0. The Morgan fingerprint density at radius 2 is 2.10 bits per heavy atom. The van der Waals surface area contributed by atoms with E-state index >= 15 is 0 Å². The molecule has 2 N–H and O–H groups in total. The van der Waals surface area contributed by atoms with Crippen LogP contribution in [0.1, 0.15) is 18.9 Å². The highest BCUT2D eigenvalue weighted by Gasteiger charge is 2.29. The first-order valence-corrected chi connectivity index (χ1v) is 7.88. The Kier molecular flexibility index (Phi) is 5.94. The highest BCUT2D eigenvalue weighted by Crippen LogP contribution is 2.21. The Hall–Kier alpha value is -0.690. The van der Waals surface area contributed by atoms with Crippen LogP contribution in [-0.2, 0) is 10.0 Å². The van der Waals surface area contributed by atoms with E-state index < -0.39 is 15.8 Å². The summed E-state index contributed by atoms with van der Waals surface area (Å²) in [5, 5.41) is 3.15. The molecule has 4 nitrogen and oxygen atoms in total. The standard InChI is InChI=1S/C13H19FN2O2S.ClH/c1-9-6-7-15-8-12(9)16-19(17,18)13-10(2)4-3-5-11(13)14;/h3-5,9,12,15-16H,6-8H2,1-2H3;1H. The lowest BCUT2D eigenvalue weighted by Crippen LogP contribution is -2.50. The van der Waals surface area contributed by atoms with Crippen LogP contribution < -0.4 is 10.0 Å². The molecule has 1 aliphatic heterocycles. The maximum Gasteiger partial charge on any atom is 0.244 e. The molecular weight excluding hydrogens is 303 g/mol. The van der Waals surface area contributed by atoms with Crippen molar-refractivity contribution in [3.05, 3.63) is 29.6 Å². The molecule has 0 bridgehead atoms. The predicted molar refractivity (Wildman–Crippen MR) is 79.1 cm³/mol. The summed E-state index contributed by atoms with van der Waals surface area (Å²) in [6.45, 7) is 5.06. The zero-order valence-electron chi connectivity index (χ0n) is 11.5. The minimum atomic E-state index is -3.82. The number of nitrogens with one attached hydrogen (secondary N) is 2. The fourth-order valence-electron chi connectivity index (χ4n) is 2.36. The van der Waals surface area contributed by atoms with Gasteiger partial charge < -0.3 is 5.32 Å². The van der Waals surface area contributed by atoms with Crippen molar-refractivity contribution in [1.29, 1.82) is 0 Å². The molecule has 0 amide bonds. The summed E-state index contributed by atoms with van der Waals surface area (Å²) in [5.74, 6) is -0.466. The van der Waals surface area contributed by atoms with Crippen LogP contribution in [0.4, 0.5) is 4.39 Å². The number of benzene rings is 1. The van der Waals surface area contributed by atoms with Crippen molar-refractivity contribution in [2.45, 2.75) is 31.2 Å². The van der Waals surface area contributed by atoms with Crippen molar-refractivity contribution in [3.63, 3.8) is 0 Å². The van der Waals surface area contributed by atoms with Crippen LogP contribution in [0.3, 0.4) is 0 Å². The minimum Gasteiger partial charge on any atom is -0.315 e. The van der Waals surface area contributed by atoms with Gasteiger partial charge in [0.1, 0.15) is 10.7 Å². The largest absolute Gasteiger partial charge is 0.315 e. The molecule has 1 aromatic rings. The van der Waals surface area contributed by atoms with E-state index in [2.05, 4.69) is 10.0 Å². The molecule has 0 radical (unpaired) electrons. The number of aryl methyl sites for hydroxylation is 1. The Morgan fingerprint density at radius 3 is 2.70 bits per heavy atom. The summed E-state index contributed by atoms with van der Waals surface area (Å²) in [6, 6.07) is 4.08. The molecule has 0 aromatic heterocycles. The maximum absolute atomic E-state index is 13.8. The number of halogens is 2. The third kappa shape index (κ3) is 3.69. The second kappa shape index (κ2) is 6.85. The van der Waals surface area contributed by atoms with Gasteiger partial charge in [0.2, 0.25) is 10.0 Å². The molecule has 1 heterocycles. The molecule has 0 aliphatic carbocycles. The molecule has 1 aliphatic rings. The van der Waals surface area contributed by atoms with E-state index in [0.717, 1.165) is 13.0 Å². The summed E-state index contributed by atoms with van der Waals surface area (Å²) in [6.07, 6.45) is 0.906. The van der Waals surface area contributed by atoms with Crippen LogP contribution in [0.2, 0.25) is 0 Å². The first-order valence-electron chi connectivity index (χ1n) is 6.40. The van der Waals surface area contributed by atoms with Gasteiger partial charge in [-0.05, 0) is 37.4 Å². The number of hydrogen-bond acceptors (Lipinski definition) is 3. The van der Waals surface area contributed by atoms with Crippen LogP contribution in [0.25, 0.3) is 0 Å². The minimum absolute atomic E-state index is 0. The van der Waals surface area contributed by atoms with Crippen LogP contribution >= 0.6 is 12.4 Å². The highest BCUT2D eigenvalue weighted by atomic mass is 35.5. The quantitative estimate of drug-likeness (QED) is 0.892. The normalized spacial score (nSPS) is 23.1. The van der Waals surface area contributed by atoms with Crippen molar-refractivity contribution in [3.8, 4) is 0 Å². The van der Waals surface area contributed by atoms with E-state index in [1.165, 1.54) is 12.1 Å². The lowest BCUT2D eigenvalue weighted by molar-refractivity contribution is 0.326. The van der Waals surface area contributed by atoms with E-state index in [4.69, 9.17) is 0 Å². The van der Waals surface area contributed by atoms with Crippen LogP contribution in [0.5, 0.6) is 0 Å². The molecule has 1 aromatic carbocycles. The monoisotopic (exact) mass is 322 g/mol. The predicted octanol–water partition coefficient (Wildman–Crippen LogP) is 1.83. The van der Waals surface area contributed by atoms with Gasteiger partial charge in [0.05, 0.1) is 0 Å². The Balaban J connectivity index is 0.00000200. The van der Waals surface area contributed by atoms with Crippen molar-refractivity contribution < 1.29 is 12.8 Å². The van der Waals surface area contributed by atoms with Crippen molar-refractivity contribution >= 4 is 22.4 Å². The molecule has 0 spiro atoms. The first-order chi connectivity index (χ1) is 8.92. The van der Waals surface area contributed by atoms with E-state index in [9.17, 15) is 12.8 Å². The Morgan fingerprint density at radius 1 is 1.40 bits per heavy atom. The molecule has 114 valence electrons. The van der Waals surface area contributed by atoms with Crippen molar-refractivity contribution in [2.75, 3.05) is 13.1 Å². The fourth-order valence-corrected chi connectivity index (χ4v) is 4.01. The number of rotatable bonds is 3. The Labute approximate surface area is 125 Å². The van der Waals surface area contributed by atoms with Crippen LogP contribution in [-0.4, -0.2) is 27.5 Å². The zero-order chi connectivity index (χ0) is 14.0. The van der Waals surface area contributed by atoms with E-state index in [1.54, 1.807) is 13.0 Å². The third-order valence-electron chi connectivity index (χ3n) is 3.57. The summed E-state index contributed by atoms with van der Waals surface area (Å²) in [4.78, 5) is -0.243. The van der Waals surface area contributed by atoms with Gasteiger partial charge in [-0.1, -0.05) is 19.1 Å². The molecule has 7 heteroatoms. The first kappa shape index (κ1) is 17.4. The van der Waals surface area contributed by atoms with Gasteiger partial charge in [0.25, 0.3) is 0 Å². The van der Waals surface area contributed by atoms with Gasteiger partial charge in [-0.3, -0.25) is 0 Å². The molecule has 2 rings (SSSR count). The average Bonchev–Trinajstić information content (AvgIpc) is 2.31. The molecule has 1 saturated heterocycles. The SMILES string of the molecule is Cc1cccc(F)c1S(=O)(=O)NC1CNCCC1C.Cl. The van der Waals surface area contributed by atoms with E-state index in [-0.39, 0.29) is 29.3 Å². The van der Waals surface area contributed by atoms with E-state index in [0.29, 0.717) is 12.1 Å². The fraction of sp³-hybridized carbons (Fsp3) is 0.538.